The largest absolute Gasteiger partial charge is 0.417 e. The lowest BCUT2D eigenvalue weighted by Crippen LogP contribution is -2.57. The number of rotatable bonds is 8. The Morgan fingerprint density at radius 2 is 1.49 bits per heavy atom. The van der Waals surface area contributed by atoms with Crippen molar-refractivity contribution in [3.05, 3.63) is 113 Å². The van der Waals surface area contributed by atoms with Gasteiger partial charge in [-0.1, -0.05) is 36.4 Å². The normalized spacial score (nSPS) is 18.4. The van der Waals surface area contributed by atoms with Gasteiger partial charge in [0.2, 0.25) is 11.7 Å². The van der Waals surface area contributed by atoms with Gasteiger partial charge in [0.25, 0.3) is 0 Å². The Morgan fingerprint density at radius 1 is 0.837 bits per heavy atom. The highest BCUT2D eigenvalue weighted by Crippen LogP contribution is 2.32. The number of fused-ring (bicyclic) bond motifs is 3. The van der Waals surface area contributed by atoms with Crippen molar-refractivity contribution in [1.82, 2.24) is 45.2 Å². The number of benzene rings is 2. The maximum atomic E-state index is 13.7. The lowest BCUT2D eigenvalue weighted by atomic mass is 9.84. The van der Waals surface area contributed by atoms with Crippen molar-refractivity contribution in [1.29, 1.82) is 0 Å². The first-order valence-electron chi connectivity index (χ1n) is 15.4. The fraction of sp³-hybridized carbons (Fsp3) is 0.303. The van der Waals surface area contributed by atoms with Gasteiger partial charge in [-0.25, -0.2) is 13.8 Å². The maximum Gasteiger partial charge on any atom is 0.417 e. The van der Waals surface area contributed by atoms with Crippen molar-refractivity contribution < 1.29 is 31.5 Å². The van der Waals surface area contributed by atoms with Gasteiger partial charge in [0.1, 0.15) is 5.82 Å². The van der Waals surface area contributed by atoms with Crippen molar-refractivity contribution >= 4 is 11.7 Å². The first kappa shape index (κ1) is 33.5. The summed E-state index contributed by atoms with van der Waals surface area (Å²) < 4.78 is 65.5. The first-order chi connectivity index (χ1) is 23.5. The molecule has 3 aliphatic rings. The third-order valence-electron chi connectivity index (χ3n) is 8.26. The molecule has 0 radical (unpaired) electrons. The summed E-state index contributed by atoms with van der Waals surface area (Å²) in [5.41, 5.74) is 0.0611. The number of Topliss-reactive ketones (excluding diaryl/α,β-unsaturated/α-hetero) is 1. The molecule has 1 atom stereocenters. The predicted molar refractivity (Wildman–Crippen MR) is 165 cm³/mol. The number of pyridine rings is 1. The number of aromatic nitrogens is 7. The van der Waals surface area contributed by atoms with Crippen molar-refractivity contribution in [3.63, 3.8) is 0 Å². The first-order valence-corrected chi connectivity index (χ1v) is 15.4. The zero-order chi connectivity index (χ0) is 34.5. The number of para-hydroxylation sites is 1. The standard InChI is InChI=1S/C17H21N5O.C16H9F5N4O/c23-17(19-16-12-21-8-6-13(16)7-9-21)10-14-11-18-22(20-14)15-4-2-1-3-5-15;17-9-5-13(18)15(22-7-9)25-23-8-10(24-25)6-14(26)11-3-1-2-4-12(11)16(19,20)21/h1-5,11,13,16H,6-10,12H2,(H,19,23);1-5,7-8H,6H2/t16-;/m0./s1. The van der Waals surface area contributed by atoms with Gasteiger partial charge in [0, 0.05) is 24.2 Å². The number of hydrogen-bond donors (Lipinski definition) is 1. The maximum absolute atomic E-state index is 13.7. The molecule has 49 heavy (non-hydrogen) atoms. The minimum Gasteiger partial charge on any atom is -0.351 e. The van der Waals surface area contributed by atoms with E-state index < -0.39 is 47.0 Å². The number of hydrogen-bond acceptors (Lipinski definition) is 8. The van der Waals surface area contributed by atoms with Gasteiger partial charge in [0.15, 0.2) is 11.6 Å². The molecule has 11 nitrogen and oxygen atoms in total. The molecule has 1 N–H and O–H groups in total. The van der Waals surface area contributed by atoms with Crippen LogP contribution in [0.15, 0.2) is 79.3 Å². The molecule has 0 spiro atoms. The molecule has 8 rings (SSSR count). The van der Waals surface area contributed by atoms with E-state index in [1.807, 2.05) is 30.3 Å². The lowest BCUT2D eigenvalue weighted by molar-refractivity contribution is -0.138. The summed E-state index contributed by atoms with van der Waals surface area (Å²) >= 11 is 0. The van der Waals surface area contributed by atoms with E-state index in [2.05, 4.69) is 35.6 Å². The number of alkyl halides is 3. The van der Waals surface area contributed by atoms with Crippen LogP contribution in [0.4, 0.5) is 22.0 Å². The van der Waals surface area contributed by atoms with Gasteiger partial charge in [-0.3, -0.25) is 9.59 Å². The van der Waals surface area contributed by atoms with Gasteiger partial charge in [0.05, 0.1) is 54.1 Å². The lowest BCUT2D eigenvalue weighted by Gasteiger charge is -2.44. The Hall–Kier alpha value is -5.38. The van der Waals surface area contributed by atoms with Crippen LogP contribution < -0.4 is 5.32 Å². The number of carbonyl (C=O) groups excluding carboxylic acids is 2. The van der Waals surface area contributed by atoms with Crippen LogP contribution in [0, 0.1) is 17.6 Å². The van der Waals surface area contributed by atoms with Crippen molar-refractivity contribution in [3.8, 4) is 11.5 Å². The van der Waals surface area contributed by atoms with E-state index in [9.17, 15) is 31.5 Å². The van der Waals surface area contributed by atoms with Crippen LogP contribution in [0.5, 0.6) is 0 Å². The second-order valence-corrected chi connectivity index (χ2v) is 11.7. The molecule has 0 unspecified atom stereocenters. The van der Waals surface area contributed by atoms with Crippen molar-refractivity contribution in [2.75, 3.05) is 19.6 Å². The third-order valence-corrected chi connectivity index (χ3v) is 8.26. The van der Waals surface area contributed by atoms with Gasteiger partial charge in [-0.05, 0) is 50.0 Å². The quantitative estimate of drug-likeness (QED) is 0.189. The molecule has 2 bridgehead atoms. The van der Waals surface area contributed by atoms with Crippen LogP contribution in [-0.2, 0) is 23.8 Å². The molecule has 3 aliphatic heterocycles. The summed E-state index contributed by atoms with van der Waals surface area (Å²) in [6.45, 7) is 3.36. The molecule has 16 heteroatoms. The topological polar surface area (TPSA) is 124 Å². The van der Waals surface area contributed by atoms with E-state index in [-0.39, 0.29) is 18.0 Å². The zero-order valence-electron chi connectivity index (χ0n) is 25.9. The Balaban J connectivity index is 0.000000171. The molecule has 3 aromatic heterocycles. The van der Waals surface area contributed by atoms with E-state index in [4.69, 9.17) is 0 Å². The molecule has 254 valence electrons. The molecule has 6 heterocycles. The zero-order valence-corrected chi connectivity index (χ0v) is 25.9. The summed E-state index contributed by atoms with van der Waals surface area (Å²) in [5, 5.41) is 19.3. The van der Waals surface area contributed by atoms with Crippen molar-refractivity contribution in [2.24, 2.45) is 5.92 Å². The number of halogens is 5. The summed E-state index contributed by atoms with van der Waals surface area (Å²) in [6.07, 6.45) is 1.06. The van der Waals surface area contributed by atoms with E-state index in [0.717, 1.165) is 41.6 Å². The number of ketones is 1. The smallest absolute Gasteiger partial charge is 0.351 e. The molecule has 3 fully saturated rings. The van der Waals surface area contributed by atoms with Crippen LogP contribution >= 0.6 is 0 Å². The summed E-state index contributed by atoms with van der Waals surface area (Å²) in [4.78, 5) is 32.8. The summed E-state index contributed by atoms with van der Waals surface area (Å²) in [5.74, 6) is -2.45. The van der Waals surface area contributed by atoms with Gasteiger partial charge in [-0.2, -0.15) is 38.4 Å². The average Bonchev–Trinajstić information content (AvgIpc) is 3.75. The van der Waals surface area contributed by atoms with E-state index in [1.165, 1.54) is 38.1 Å². The SMILES string of the molecule is O=C(Cc1cnn(-c2ccccc2)n1)N[C@H]1CN2CCC1CC2.O=C(Cc1cnn(-c2ncc(F)cc2F)n1)c1ccccc1C(F)(F)F. The summed E-state index contributed by atoms with van der Waals surface area (Å²) in [6, 6.07) is 15.0. The highest BCUT2D eigenvalue weighted by molar-refractivity contribution is 5.98. The monoisotopic (exact) mass is 679 g/mol. The molecular weight excluding hydrogens is 649 g/mol. The van der Waals surface area contributed by atoms with Crippen LogP contribution in [0.25, 0.3) is 11.5 Å². The van der Waals surface area contributed by atoms with E-state index in [1.54, 1.807) is 11.0 Å². The Kier molecular flexibility index (Phi) is 9.85. The fourth-order valence-corrected chi connectivity index (χ4v) is 5.88. The Morgan fingerprint density at radius 3 is 2.16 bits per heavy atom. The molecule has 0 aliphatic carbocycles. The second-order valence-electron chi connectivity index (χ2n) is 11.7. The highest BCUT2D eigenvalue weighted by Gasteiger charge is 2.36. The van der Waals surface area contributed by atoms with Crippen LogP contribution in [0.3, 0.4) is 0 Å². The number of nitrogens with one attached hydrogen (secondary N) is 1. The molecular formula is C33H30F5N9O2. The fourth-order valence-electron chi connectivity index (χ4n) is 5.88. The highest BCUT2D eigenvalue weighted by atomic mass is 19.4. The number of carbonyl (C=O) groups is 2. The Bertz CT molecular complexity index is 1920. The second kappa shape index (κ2) is 14.4. The van der Waals surface area contributed by atoms with Crippen LogP contribution in [0.2, 0.25) is 0 Å². The average molecular weight is 680 g/mol. The third kappa shape index (κ3) is 8.20. The molecule has 1 amide bonds. The Labute approximate surface area is 276 Å². The minimum absolute atomic E-state index is 0.0116. The number of piperidine rings is 3. The molecule has 5 aromatic rings. The van der Waals surface area contributed by atoms with Gasteiger partial charge in [-0.15, -0.1) is 4.80 Å². The van der Waals surface area contributed by atoms with Gasteiger partial charge >= 0.3 is 6.18 Å². The van der Waals surface area contributed by atoms with Gasteiger partial charge < -0.3 is 10.2 Å². The predicted octanol–water partition coefficient (Wildman–Crippen LogP) is 4.40. The molecule has 0 saturated carbocycles. The van der Waals surface area contributed by atoms with E-state index in [0.29, 0.717) is 23.7 Å². The summed E-state index contributed by atoms with van der Waals surface area (Å²) in [7, 11) is 0. The minimum atomic E-state index is -4.68. The van der Waals surface area contributed by atoms with Crippen LogP contribution in [-0.4, -0.2) is 77.2 Å². The molecule has 3 saturated heterocycles. The number of nitrogens with zero attached hydrogens (tertiary/aromatic N) is 8. The number of amides is 1. The molecule has 2 aromatic carbocycles. The van der Waals surface area contributed by atoms with E-state index >= 15 is 0 Å². The van der Waals surface area contributed by atoms with Crippen molar-refractivity contribution in [2.45, 2.75) is 37.9 Å². The van der Waals surface area contributed by atoms with Crippen LogP contribution in [0.1, 0.15) is 40.2 Å².